The first-order valence-electron chi connectivity index (χ1n) is 10.8. The van der Waals surface area contributed by atoms with Crippen LogP contribution in [-0.4, -0.2) is 77.6 Å². The van der Waals surface area contributed by atoms with Gasteiger partial charge in [0.15, 0.2) is 0 Å². The van der Waals surface area contributed by atoms with Crippen LogP contribution >= 0.6 is 0 Å². The Kier molecular flexibility index (Phi) is 7.49. The van der Waals surface area contributed by atoms with Gasteiger partial charge >= 0.3 is 12.1 Å². The monoisotopic (exact) mass is 495 g/mol. The number of amides is 2. The SMILES string of the molecule is Cc1ccc(C(=O)N2CCC3(C2)CN(c2cccc(F)c2)C(=O)CN3C)cc1.O=C(O)C(F)(F)F. The second kappa shape index (κ2) is 10.0. The van der Waals surface area contributed by atoms with Crippen molar-refractivity contribution in [1.82, 2.24) is 9.80 Å². The summed E-state index contributed by atoms with van der Waals surface area (Å²) in [5.41, 5.74) is 2.05. The molecule has 0 aliphatic carbocycles. The Balaban J connectivity index is 0.000000429. The number of carbonyl (C=O) groups excluding carboxylic acids is 2. The smallest absolute Gasteiger partial charge is 0.475 e. The molecule has 35 heavy (non-hydrogen) atoms. The lowest BCUT2D eigenvalue weighted by Gasteiger charge is -2.46. The number of aryl methyl sites for hydroxylation is 1. The van der Waals surface area contributed by atoms with Crippen LogP contribution in [0.5, 0.6) is 0 Å². The molecule has 0 saturated carbocycles. The van der Waals surface area contributed by atoms with Gasteiger partial charge in [-0.2, -0.15) is 13.2 Å². The lowest BCUT2D eigenvalue weighted by Crippen LogP contribution is -2.64. The third-order valence-electron chi connectivity index (χ3n) is 6.22. The van der Waals surface area contributed by atoms with E-state index in [2.05, 4.69) is 0 Å². The van der Waals surface area contributed by atoms with E-state index in [1.807, 2.05) is 48.0 Å². The Morgan fingerprint density at radius 3 is 2.26 bits per heavy atom. The molecule has 0 radical (unpaired) electrons. The van der Waals surface area contributed by atoms with Crippen LogP contribution in [0.3, 0.4) is 0 Å². The number of alkyl halides is 3. The number of piperazine rings is 1. The standard InChI is InChI=1S/C22H24FN3O2.C2HF3O2/c1-16-6-8-17(9-7-16)21(28)25-11-10-22(14-25)15-26(20(27)13-24(22)2)19-5-3-4-18(23)12-19;3-2(4,5)1(6)7/h3-9,12H,10-11,13-15H2,1-2H3;(H,6,7). The van der Waals surface area contributed by atoms with E-state index < -0.39 is 12.1 Å². The van der Waals surface area contributed by atoms with Gasteiger partial charge in [0.1, 0.15) is 5.82 Å². The van der Waals surface area contributed by atoms with Crippen LogP contribution in [0.25, 0.3) is 0 Å². The van der Waals surface area contributed by atoms with Gasteiger partial charge in [-0.3, -0.25) is 14.5 Å². The number of carboxylic acid groups (broad SMARTS) is 1. The largest absolute Gasteiger partial charge is 0.490 e. The van der Waals surface area contributed by atoms with Gasteiger partial charge in [-0.05, 0) is 50.7 Å². The van der Waals surface area contributed by atoms with Gasteiger partial charge in [0.05, 0.1) is 12.1 Å². The first-order valence-corrected chi connectivity index (χ1v) is 10.8. The molecule has 2 amide bonds. The van der Waals surface area contributed by atoms with Crippen LogP contribution < -0.4 is 4.90 Å². The second-order valence-corrected chi connectivity index (χ2v) is 8.69. The molecule has 2 aliphatic rings. The zero-order valence-corrected chi connectivity index (χ0v) is 19.2. The van der Waals surface area contributed by atoms with Gasteiger partial charge in [0.25, 0.3) is 5.91 Å². The average molecular weight is 495 g/mol. The van der Waals surface area contributed by atoms with Crippen molar-refractivity contribution in [2.24, 2.45) is 0 Å². The highest BCUT2D eigenvalue weighted by atomic mass is 19.4. The molecule has 2 heterocycles. The van der Waals surface area contributed by atoms with E-state index in [4.69, 9.17) is 9.90 Å². The van der Waals surface area contributed by atoms with Crippen molar-refractivity contribution in [3.63, 3.8) is 0 Å². The van der Waals surface area contributed by atoms with Crippen LogP contribution in [0.2, 0.25) is 0 Å². The predicted molar refractivity (Wildman–Crippen MR) is 120 cm³/mol. The molecular formula is C24H25F4N3O4. The summed E-state index contributed by atoms with van der Waals surface area (Å²) in [5, 5.41) is 7.12. The lowest BCUT2D eigenvalue weighted by molar-refractivity contribution is -0.192. The number of rotatable bonds is 2. The van der Waals surface area contributed by atoms with Gasteiger partial charge in [-0.15, -0.1) is 0 Å². The number of carbonyl (C=O) groups is 3. The molecule has 4 rings (SSSR count). The topological polar surface area (TPSA) is 81.2 Å². The number of likely N-dealkylation sites (tertiary alicyclic amines) is 1. The van der Waals surface area contributed by atoms with Gasteiger partial charge in [-0.25, -0.2) is 9.18 Å². The summed E-state index contributed by atoms with van der Waals surface area (Å²) in [6.07, 6.45) is -4.31. The molecule has 188 valence electrons. The normalized spacial score (nSPS) is 20.6. The Labute approximate surface area is 199 Å². The number of halogens is 4. The molecule has 11 heteroatoms. The molecule has 2 aromatic carbocycles. The first kappa shape index (κ1) is 26.1. The van der Waals surface area contributed by atoms with E-state index in [0.717, 1.165) is 12.0 Å². The van der Waals surface area contributed by atoms with Gasteiger partial charge in [-0.1, -0.05) is 23.8 Å². The zero-order chi connectivity index (χ0) is 26.0. The molecule has 1 N–H and O–H groups in total. The highest BCUT2D eigenvalue weighted by Crippen LogP contribution is 2.34. The maximum absolute atomic E-state index is 13.7. The van der Waals surface area contributed by atoms with Gasteiger partial charge < -0.3 is 14.9 Å². The fourth-order valence-corrected chi connectivity index (χ4v) is 4.19. The maximum Gasteiger partial charge on any atom is 0.490 e. The van der Waals surface area contributed by atoms with Crippen LogP contribution in [0.15, 0.2) is 48.5 Å². The Morgan fingerprint density at radius 1 is 1.06 bits per heavy atom. The van der Waals surface area contributed by atoms with Crippen molar-refractivity contribution in [3.8, 4) is 0 Å². The van der Waals surface area contributed by atoms with E-state index in [9.17, 15) is 27.2 Å². The minimum atomic E-state index is -5.08. The van der Waals surface area contributed by atoms with Gasteiger partial charge in [0.2, 0.25) is 5.91 Å². The van der Waals surface area contributed by atoms with Crippen LogP contribution in [0.1, 0.15) is 22.3 Å². The molecule has 2 aliphatic heterocycles. The number of benzene rings is 2. The molecule has 2 saturated heterocycles. The number of anilines is 1. The summed E-state index contributed by atoms with van der Waals surface area (Å²) in [6, 6.07) is 13.7. The molecule has 1 atom stereocenters. The number of aliphatic carboxylic acids is 1. The number of hydrogen-bond acceptors (Lipinski definition) is 4. The molecule has 1 unspecified atom stereocenters. The van der Waals surface area contributed by atoms with Crippen molar-refractivity contribution in [2.75, 3.05) is 38.1 Å². The number of likely N-dealkylation sites (N-methyl/N-ethyl adjacent to an activating group) is 1. The number of hydrogen-bond donors (Lipinski definition) is 1. The van der Waals surface area contributed by atoms with Crippen LogP contribution in [0, 0.1) is 12.7 Å². The predicted octanol–water partition coefficient (Wildman–Crippen LogP) is 3.33. The highest BCUT2D eigenvalue weighted by molar-refractivity contribution is 5.97. The fraction of sp³-hybridized carbons (Fsp3) is 0.375. The van der Waals surface area contributed by atoms with E-state index in [1.54, 1.807) is 17.0 Å². The summed E-state index contributed by atoms with van der Waals surface area (Å²) < 4.78 is 45.4. The summed E-state index contributed by atoms with van der Waals surface area (Å²) in [6.45, 7) is 3.89. The molecule has 0 aromatic heterocycles. The third kappa shape index (κ3) is 5.97. The molecule has 2 aromatic rings. The number of carboxylic acids is 1. The van der Waals surface area contributed by atoms with Crippen LogP contribution in [0.4, 0.5) is 23.2 Å². The van der Waals surface area contributed by atoms with Crippen molar-refractivity contribution >= 4 is 23.5 Å². The molecule has 2 fully saturated rings. The van der Waals surface area contributed by atoms with Crippen molar-refractivity contribution in [2.45, 2.75) is 25.1 Å². The first-order chi connectivity index (χ1) is 16.3. The van der Waals surface area contributed by atoms with Crippen molar-refractivity contribution < 1.29 is 37.1 Å². The third-order valence-corrected chi connectivity index (χ3v) is 6.22. The quantitative estimate of drug-likeness (QED) is 0.647. The van der Waals surface area contributed by atoms with E-state index in [0.29, 0.717) is 30.9 Å². The Bertz CT molecular complexity index is 1110. The fourth-order valence-electron chi connectivity index (χ4n) is 4.19. The second-order valence-electron chi connectivity index (χ2n) is 8.69. The van der Waals surface area contributed by atoms with Crippen molar-refractivity contribution in [3.05, 3.63) is 65.5 Å². The lowest BCUT2D eigenvalue weighted by atomic mass is 9.92. The summed E-state index contributed by atoms with van der Waals surface area (Å²) >= 11 is 0. The molecule has 7 nitrogen and oxygen atoms in total. The van der Waals surface area contributed by atoms with Gasteiger partial charge in [0, 0.05) is 30.9 Å². The minimum Gasteiger partial charge on any atom is -0.475 e. The molecule has 1 spiro atoms. The van der Waals surface area contributed by atoms with Crippen LogP contribution in [-0.2, 0) is 9.59 Å². The molecular weight excluding hydrogens is 470 g/mol. The average Bonchev–Trinajstić information content (AvgIpc) is 3.21. The van der Waals surface area contributed by atoms with Crippen molar-refractivity contribution in [1.29, 1.82) is 0 Å². The van der Waals surface area contributed by atoms with E-state index >= 15 is 0 Å². The number of nitrogens with zero attached hydrogens (tertiary/aromatic N) is 3. The summed E-state index contributed by atoms with van der Waals surface area (Å²) in [4.78, 5) is 40.0. The summed E-state index contributed by atoms with van der Waals surface area (Å²) in [5.74, 6) is -3.16. The summed E-state index contributed by atoms with van der Waals surface area (Å²) in [7, 11) is 1.93. The Morgan fingerprint density at radius 2 is 1.69 bits per heavy atom. The maximum atomic E-state index is 13.7. The minimum absolute atomic E-state index is 0.0134. The zero-order valence-electron chi connectivity index (χ0n) is 19.2. The van der Waals surface area contributed by atoms with E-state index in [1.165, 1.54) is 12.1 Å². The molecule has 0 bridgehead atoms. The van der Waals surface area contributed by atoms with E-state index in [-0.39, 0.29) is 29.7 Å². The highest BCUT2D eigenvalue weighted by Gasteiger charge is 2.48. The Hall–Kier alpha value is -3.47.